The maximum Gasteiger partial charge on any atom is 0.211 e. The smallest absolute Gasteiger partial charge is 0.211 e. The lowest BCUT2D eigenvalue weighted by Crippen LogP contribution is -2.50. The van der Waals surface area contributed by atoms with Crippen LogP contribution in [0.5, 0.6) is 0 Å². The highest BCUT2D eigenvalue weighted by Crippen LogP contribution is 2.12. The molecule has 1 heterocycles. The van der Waals surface area contributed by atoms with Crippen LogP contribution < -0.4 is 10.0 Å². The van der Waals surface area contributed by atoms with Crippen molar-refractivity contribution in [2.45, 2.75) is 25.8 Å². The first kappa shape index (κ1) is 16.1. The number of alkyl halides is 1. The van der Waals surface area contributed by atoms with E-state index in [1.54, 1.807) is 0 Å². The second-order valence-electron chi connectivity index (χ2n) is 4.06. The summed E-state index contributed by atoms with van der Waals surface area (Å²) in [6, 6.07) is -0.0524. The summed E-state index contributed by atoms with van der Waals surface area (Å²) in [4.78, 5) is 0. The second kappa shape index (κ2) is 7.42. The third-order valence-electron chi connectivity index (χ3n) is 2.71. The summed E-state index contributed by atoms with van der Waals surface area (Å²) in [5.74, 6) is 0.221. The van der Waals surface area contributed by atoms with Crippen molar-refractivity contribution in [2.24, 2.45) is 5.92 Å². The Morgan fingerprint density at radius 1 is 1.50 bits per heavy atom. The Hall–Kier alpha value is 0.0900. The van der Waals surface area contributed by atoms with E-state index in [1.165, 1.54) is 0 Å². The Morgan fingerprint density at radius 3 is 2.75 bits per heavy atom. The molecule has 0 aromatic rings. The number of sulfonamides is 1. The molecule has 0 aliphatic carbocycles. The molecule has 98 valence electrons. The van der Waals surface area contributed by atoms with E-state index < -0.39 is 16.7 Å². The monoisotopic (exact) mass is 274 g/mol. The first-order chi connectivity index (χ1) is 7.05. The Bertz CT molecular complexity index is 287. The van der Waals surface area contributed by atoms with Crippen LogP contribution in [0.3, 0.4) is 0 Å². The van der Waals surface area contributed by atoms with Crippen LogP contribution >= 0.6 is 12.4 Å². The van der Waals surface area contributed by atoms with Gasteiger partial charge in [-0.15, -0.1) is 12.4 Å². The van der Waals surface area contributed by atoms with Crippen LogP contribution in [-0.2, 0) is 10.0 Å². The van der Waals surface area contributed by atoms with Gasteiger partial charge in [0, 0.05) is 12.6 Å². The topological polar surface area (TPSA) is 58.2 Å². The van der Waals surface area contributed by atoms with Gasteiger partial charge in [0.2, 0.25) is 10.0 Å². The summed E-state index contributed by atoms with van der Waals surface area (Å²) in [5.41, 5.74) is 0. The molecule has 2 N–H and O–H groups in total. The first-order valence-corrected chi connectivity index (χ1v) is 6.97. The van der Waals surface area contributed by atoms with Crippen LogP contribution in [0.4, 0.5) is 4.39 Å². The van der Waals surface area contributed by atoms with E-state index in [0.29, 0.717) is 12.5 Å². The minimum absolute atomic E-state index is 0. The lowest BCUT2D eigenvalue weighted by Gasteiger charge is -2.29. The predicted octanol–water partition coefficient (Wildman–Crippen LogP) is 0.685. The maximum absolute atomic E-state index is 11.9. The highest BCUT2D eigenvalue weighted by atomic mass is 35.5. The van der Waals surface area contributed by atoms with Crippen molar-refractivity contribution in [1.82, 2.24) is 10.0 Å². The maximum atomic E-state index is 11.9. The van der Waals surface area contributed by atoms with Gasteiger partial charge in [-0.05, 0) is 25.3 Å². The summed E-state index contributed by atoms with van der Waals surface area (Å²) in [6.07, 6.45) is 1.04. The quantitative estimate of drug-likeness (QED) is 0.775. The number of halogens is 2. The van der Waals surface area contributed by atoms with E-state index in [-0.39, 0.29) is 30.6 Å². The molecule has 2 unspecified atom stereocenters. The standard InChI is InChI=1S/C9H19FN2O2S.ClH/c1-8-3-5-11-7-9(8)12-15(13,14)6-2-4-10;/h8-9,11-12H,2-7H2,1H3;1H. The van der Waals surface area contributed by atoms with Gasteiger partial charge in [0.05, 0.1) is 12.4 Å². The second-order valence-corrected chi connectivity index (χ2v) is 5.93. The van der Waals surface area contributed by atoms with Gasteiger partial charge >= 0.3 is 0 Å². The highest BCUT2D eigenvalue weighted by molar-refractivity contribution is 7.89. The number of rotatable bonds is 5. The SMILES string of the molecule is CC1CCNCC1NS(=O)(=O)CCCF.Cl. The molecular formula is C9H20ClFN2O2S. The molecule has 1 rings (SSSR count). The Labute approximate surface area is 103 Å². The average Bonchev–Trinajstić information content (AvgIpc) is 2.18. The summed E-state index contributed by atoms with van der Waals surface area (Å²) < 4.78 is 37.5. The van der Waals surface area contributed by atoms with E-state index in [2.05, 4.69) is 10.0 Å². The average molecular weight is 275 g/mol. The minimum atomic E-state index is -3.31. The highest BCUT2D eigenvalue weighted by Gasteiger charge is 2.25. The molecule has 16 heavy (non-hydrogen) atoms. The normalized spacial score (nSPS) is 26.1. The summed E-state index contributed by atoms with van der Waals surface area (Å²) in [7, 11) is -3.31. The molecule has 1 fully saturated rings. The van der Waals surface area contributed by atoms with Gasteiger partial charge in [0.25, 0.3) is 0 Å². The van der Waals surface area contributed by atoms with E-state index >= 15 is 0 Å². The molecule has 0 saturated carbocycles. The van der Waals surface area contributed by atoms with Crippen LogP contribution in [0.2, 0.25) is 0 Å². The molecule has 0 amide bonds. The number of nitrogens with one attached hydrogen (secondary N) is 2. The number of hydrogen-bond donors (Lipinski definition) is 2. The third kappa shape index (κ3) is 5.43. The fourth-order valence-electron chi connectivity index (χ4n) is 1.68. The molecule has 0 aromatic heterocycles. The van der Waals surface area contributed by atoms with Crippen molar-refractivity contribution in [1.29, 1.82) is 0 Å². The zero-order valence-corrected chi connectivity index (χ0v) is 11.0. The van der Waals surface area contributed by atoms with Gasteiger partial charge in [-0.3, -0.25) is 4.39 Å². The van der Waals surface area contributed by atoms with Gasteiger partial charge in [0.15, 0.2) is 0 Å². The molecule has 0 aromatic carbocycles. The molecule has 0 bridgehead atoms. The van der Waals surface area contributed by atoms with Gasteiger partial charge in [-0.25, -0.2) is 13.1 Å². The van der Waals surface area contributed by atoms with E-state index in [0.717, 1.165) is 13.0 Å². The van der Waals surface area contributed by atoms with Gasteiger partial charge in [-0.2, -0.15) is 0 Å². The van der Waals surface area contributed by atoms with Crippen molar-refractivity contribution in [3.8, 4) is 0 Å². The van der Waals surface area contributed by atoms with Crippen LogP contribution in [0.15, 0.2) is 0 Å². The first-order valence-electron chi connectivity index (χ1n) is 5.32. The largest absolute Gasteiger partial charge is 0.315 e. The van der Waals surface area contributed by atoms with Crippen molar-refractivity contribution in [3.63, 3.8) is 0 Å². The van der Waals surface area contributed by atoms with Crippen LogP contribution in [-0.4, -0.2) is 40.0 Å². The van der Waals surface area contributed by atoms with Crippen molar-refractivity contribution in [2.75, 3.05) is 25.5 Å². The molecule has 1 aliphatic heterocycles. The molecule has 1 saturated heterocycles. The van der Waals surface area contributed by atoms with E-state index in [1.807, 2.05) is 6.92 Å². The zero-order chi connectivity index (χ0) is 11.3. The van der Waals surface area contributed by atoms with Crippen molar-refractivity contribution in [3.05, 3.63) is 0 Å². The number of hydrogen-bond acceptors (Lipinski definition) is 3. The molecule has 2 atom stereocenters. The Balaban J connectivity index is 0.00000225. The zero-order valence-electron chi connectivity index (χ0n) is 9.41. The predicted molar refractivity (Wildman–Crippen MR) is 65.2 cm³/mol. The molecule has 0 spiro atoms. The fourth-order valence-corrected chi connectivity index (χ4v) is 3.07. The van der Waals surface area contributed by atoms with Crippen molar-refractivity contribution >= 4 is 22.4 Å². The molecule has 0 radical (unpaired) electrons. The lowest BCUT2D eigenvalue weighted by atomic mass is 9.96. The summed E-state index contributed by atoms with van der Waals surface area (Å²) >= 11 is 0. The molecule has 1 aliphatic rings. The van der Waals surface area contributed by atoms with E-state index in [9.17, 15) is 12.8 Å². The van der Waals surface area contributed by atoms with Crippen molar-refractivity contribution < 1.29 is 12.8 Å². The van der Waals surface area contributed by atoms with Gasteiger partial charge in [-0.1, -0.05) is 6.92 Å². The van der Waals surface area contributed by atoms with Crippen LogP contribution in [0, 0.1) is 5.92 Å². The Morgan fingerprint density at radius 2 is 2.19 bits per heavy atom. The van der Waals surface area contributed by atoms with Gasteiger partial charge < -0.3 is 5.32 Å². The minimum Gasteiger partial charge on any atom is -0.315 e. The number of piperidine rings is 1. The molecule has 7 heteroatoms. The fraction of sp³-hybridized carbons (Fsp3) is 1.00. The Kier molecular flexibility index (Phi) is 7.46. The molecular weight excluding hydrogens is 255 g/mol. The van der Waals surface area contributed by atoms with Gasteiger partial charge in [0.1, 0.15) is 0 Å². The molecule has 4 nitrogen and oxygen atoms in total. The third-order valence-corrected chi connectivity index (χ3v) is 4.19. The van der Waals surface area contributed by atoms with E-state index in [4.69, 9.17) is 0 Å². The summed E-state index contributed by atoms with van der Waals surface area (Å²) in [5, 5.41) is 3.14. The van der Waals surface area contributed by atoms with Crippen LogP contribution in [0.25, 0.3) is 0 Å². The lowest BCUT2D eigenvalue weighted by molar-refractivity contribution is 0.327. The summed E-state index contributed by atoms with van der Waals surface area (Å²) in [6.45, 7) is 3.04. The van der Waals surface area contributed by atoms with Crippen LogP contribution in [0.1, 0.15) is 19.8 Å².